The van der Waals surface area contributed by atoms with Crippen molar-refractivity contribution in [1.29, 1.82) is 0 Å². The van der Waals surface area contributed by atoms with Gasteiger partial charge < -0.3 is 10.2 Å². The molecule has 5 heteroatoms. The molecule has 0 bridgehead atoms. The predicted molar refractivity (Wildman–Crippen MR) is 108 cm³/mol. The molecule has 5 nitrogen and oxygen atoms in total. The largest absolute Gasteiger partial charge is 0.352 e. The van der Waals surface area contributed by atoms with Crippen molar-refractivity contribution in [2.45, 2.75) is 19.5 Å². The van der Waals surface area contributed by atoms with E-state index in [2.05, 4.69) is 33.5 Å². The molecule has 0 spiro atoms. The van der Waals surface area contributed by atoms with Crippen LogP contribution in [-0.2, 0) is 31.4 Å². The molecule has 1 heterocycles. The fourth-order valence-corrected chi connectivity index (χ4v) is 2.96. The third-order valence-electron chi connectivity index (χ3n) is 4.40. The van der Waals surface area contributed by atoms with Crippen molar-refractivity contribution in [3.8, 4) is 11.3 Å². The van der Waals surface area contributed by atoms with Crippen LogP contribution in [-0.4, -0.2) is 34.7 Å². The van der Waals surface area contributed by atoms with Crippen LogP contribution in [0.2, 0.25) is 0 Å². The number of amides is 1. The summed E-state index contributed by atoms with van der Waals surface area (Å²) >= 11 is 0. The molecule has 0 aliphatic carbocycles. The van der Waals surface area contributed by atoms with Gasteiger partial charge in [0.15, 0.2) is 0 Å². The Kier molecular flexibility index (Phi) is 6.04. The van der Waals surface area contributed by atoms with Crippen LogP contribution in [0.15, 0.2) is 60.7 Å². The Hall–Kier alpha value is -2.92. The van der Waals surface area contributed by atoms with Gasteiger partial charge in [0.1, 0.15) is 0 Å². The first-order valence-corrected chi connectivity index (χ1v) is 9.09. The number of carbonyl (C=O) groups is 1. The topological polar surface area (TPSA) is 50.2 Å². The van der Waals surface area contributed by atoms with Crippen LogP contribution in [0.4, 0.5) is 0 Å². The fourth-order valence-electron chi connectivity index (χ4n) is 2.96. The molecule has 1 N–H and O–H groups in total. The summed E-state index contributed by atoms with van der Waals surface area (Å²) in [5, 5.41) is 7.58. The molecule has 0 saturated heterocycles. The van der Waals surface area contributed by atoms with Crippen LogP contribution in [0.3, 0.4) is 0 Å². The summed E-state index contributed by atoms with van der Waals surface area (Å²) in [4.78, 5) is 14.2. The van der Waals surface area contributed by atoms with Crippen molar-refractivity contribution in [2.75, 3.05) is 14.1 Å². The smallest absolute Gasteiger partial charge is 0.224 e. The SMILES string of the molecule is CN(C)Cc1cc(-c2ccc(CNC(=O)Cc3ccccc3)cc2)nn1C. The van der Waals surface area contributed by atoms with Gasteiger partial charge >= 0.3 is 0 Å². The Morgan fingerprint density at radius 3 is 2.41 bits per heavy atom. The first kappa shape index (κ1) is 18.9. The number of hydrogen-bond donors (Lipinski definition) is 1. The Bertz CT molecular complexity index is 882. The number of nitrogens with zero attached hydrogens (tertiary/aromatic N) is 3. The molecule has 0 radical (unpaired) electrons. The molecule has 3 aromatic rings. The molecule has 0 unspecified atom stereocenters. The normalized spacial score (nSPS) is 11.0. The number of carbonyl (C=O) groups excluding carboxylic acids is 1. The molecule has 140 valence electrons. The maximum absolute atomic E-state index is 12.1. The van der Waals surface area contributed by atoms with E-state index in [4.69, 9.17) is 0 Å². The number of rotatable bonds is 7. The van der Waals surface area contributed by atoms with Crippen molar-refractivity contribution >= 4 is 5.91 Å². The summed E-state index contributed by atoms with van der Waals surface area (Å²) in [6, 6.07) is 20.1. The minimum atomic E-state index is 0.0309. The molecular weight excluding hydrogens is 336 g/mol. The van der Waals surface area contributed by atoms with Crippen LogP contribution in [0.5, 0.6) is 0 Å². The monoisotopic (exact) mass is 362 g/mol. The summed E-state index contributed by atoms with van der Waals surface area (Å²) in [5.41, 5.74) is 5.31. The minimum Gasteiger partial charge on any atom is -0.352 e. The van der Waals surface area contributed by atoms with Crippen LogP contribution in [0.25, 0.3) is 11.3 Å². The zero-order chi connectivity index (χ0) is 19.2. The van der Waals surface area contributed by atoms with Crippen molar-refractivity contribution < 1.29 is 4.79 Å². The zero-order valence-corrected chi connectivity index (χ0v) is 16.1. The Labute approximate surface area is 160 Å². The van der Waals surface area contributed by atoms with Gasteiger partial charge in [-0.1, -0.05) is 54.6 Å². The van der Waals surface area contributed by atoms with E-state index in [9.17, 15) is 4.79 Å². The highest BCUT2D eigenvalue weighted by Crippen LogP contribution is 2.20. The maximum Gasteiger partial charge on any atom is 0.224 e. The van der Waals surface area contributed by atoms with Crippen molar-refractivity contribution in [2.24, 2.45) is 7.05 Å². The van der Waals surface area contributed by atoms with E-state index in [1.807, 2.05) is 68.3 Å². The highest BCUT2D eigenvalue weighted by molar-refractivity contribution is 5.78. The maximum atomic E-state index is 12.1. The van der Waals surface area contributed by atoms with Crippen molar-refractivity contribution in [3.63, 3.8) is 0 Å². The molecule has 3 rings (SSSR count). The molecule has 0 fully saturated rings. The van der Waals surface area contributed by atoms with Gasteiger partial charge in [0.05, 0.1) is 17.8 Å². The first-order valence-electron chi connectivity index (χ1n) is 9.09. The average molecular weight is 362 g/mol. The van der Waals surface area contributed by atoms with E-state index in [1.165, 1.54) is 5.69 Å². The quantitative estimate of drug-likeness (QED) is 0.703. The summed E-state index contributed by atoms with van der Waals surface area (Å²) < 4.78 is 1.92. The Morgan fingerprint density at radius 1 is 1.04 bits per heavy atom. The number of hydrogen-bond acceptors (Lipinski definition) is 3. The molecule has 2 aromatic carbocycles. The lowest BCUT2D eigenvalue weighted by Gasteiger charge is -2.08. The van der Waals surface area contributed by atoms with Crippen LogP contribution < -0.4 is 5.32 Å². The van der Waals surface area contributed by atoms with E-state index in [-0.39, 0.29) is 5.91 Å². The first-order chi connectivity index (χ1) is 13.0. The predicted octanol–water partition coefficient (Wildman–Crippen LogP) is 3.01. The van der Waals surface area contributed by atoms with E-state index >= 15 is 0 Å². The van der Waals surface area contributed by atoms with Gasteiger partial charge in [0, 0.05) is 25.7 Å². The second-order valence-corrected chi connectivity index (χ2v) is 7.02. The van der Waals surface area contributed by atoms with E-state index in [0.717, 1.165) is 28.9 Å². The lowest BCUT2D eigenvalue weighted by atomic mass is 10.1. The van der Waals surface area contributed by atoms with Gasteiger partial charge in [-0.05, 0) is 31.3 Å². The second kappa shape index (κ2) is 8.64. The summed E-state index contributed by atoms with van der Waals surface area (Å²) in [6.07, 6.45) is 0.404. The van der Waals surface area contributed by atoms with Gasteiger partial charge in [-0.2, -0.15) is 5.10 Å². The number of nitrogens with one attached hydrogen (secondary N) is 1. The minimum absolute atomic E-state index is 0.0309. The van der Waals surface area contributed by atoms with Crippen molar-refractivity contribution in [3.05, 3.63) is 77.5 Å². The van der Waals surface area contributed by atoms with Crippen molar-refractivity contribution in [1.82, 2.24) is 20.0 Å². The molecule has 27 heavy (non-hydrogen) atoms. The molecule has 0 aliphatic heterocycles. The third kappa shape index (κ3) is 5.28. The van der Waals surface area contributed by atoms with E-state index in [1.54, 1.807) is 0 Å². The average Bonchev–Trinajstić information content (AvgIpc) is 3.01. The highest BCUT2D eigenvalue weighted by atomic mass is 16.1. The Balaban J connectivity index is 1.58. The molecular formula is C22H26N4O. The number of aryl methyl sites for hydroxylation is 1. The van der Waals surface area contributed by atoms with Crippen LogP contribution in [0.1, 0.15) is 16.8 Å². The van der Waals surface area contributed by atoms with Gasteiger partial charge in [0.2, 0.25) is 5.91 Å². The second-order valence-electron chi connectivity index (χ2n) is 7.02. The highest BCUT2D eigenvalue weighted by Gasteiger charge is 2.08. The van der Waals surface area contributed by atoms with Crippen LogP contribution in [0, 0.1) is 0 Å². The lowest BCUT2D eigenvalue weighted by Crippen LogP contribution is -2.24. The number of benzene rings is 2. The standard InChI is InChI=1S/C22H26N4O/c1-25(2)16-20-14-21(24-26(20)3)19-11-9-18(10-12-19)15-23-22(27)13-17-7-5-4-6-8-17/h4-12,14H,13,15-16H2,1-3H3,(H,23,27). The van der Waals surface area contributed by atoms with Gasteiger partial charge in [0.25, 0.3) is 0 Å². The summed E-state index contributed by atoms with van der Waals surface area (Å²) in [6.45, 7) is 1.38. The third-order valence-corrected chi connectivity index (χ3v) is 4.40. The zero-order valence-electron chi connectivity index (χ0n) is 16.1. The molecule has 1 aromatic heterocycles. The van der Waals surface area contributed by atoms with E-state index < -0.39 is 0 Å². The lowest BCUT2D eigenvalue weighted by molar-refractivity contribution is -0.120. The molecule has 1 amide bonds. The summed E-state index contributed by atoms with van der Waals surface area (Å²) in [7, 11) is 6.07. The van der Waals surface area contributed by atoms with Gasteiger partial charge in [-0.25, -0.2) is 0 Å². The molecule has 0 saturated carbocycles. The van der Waals surface area contributed by atoms with Gasteiger partial charge in [-0.3, -0.25) is 9.48 Å². The number of aromatic nitrogens is 2. The van der Waals surface area contributed by atoms with Gasteiger partial charge in [-0.15, -0.1) is 0 Å². The fraction of sp³-hybridized carbons (Fsp3) is 0.273. The van der Waals surface area contributed by atoms with E-state index in [0.29, 0.717) is 13.0 Å². The summed E-state index contributed by atoms with van der Waals surface area (Å²) in [5.74, 6) is 0.0309. The molecule has 0 aliphatic rings. The van der Waals surface area contributed by atoms with Crippen LogP contribution >= 0.6 is 0 Å². The molecule has 0 atom stereocenters. The Morgan fingerprint density at radius 2 is 1.74 bits per heavy atom.